The van der Waals surface area contributed by atoms with Crippen LogP contribution in [0.1, 0.15) is 12.7 Å². The van der Waals surface area contributed by atoms with E-state index in [1.54, 1.807) is 6.20 Å². The number of benzene rings is 1. The number of hydrogen-bond acceptors (Lipinski definition) is 3. The van der Waals surface area contributed by atoms with Crippen LogP contribution in [0.15, 0.2) is 24.4 Å². The lowest BCUT2D eigenvalue weighted by Gasteiger charge is -2.06. The molecule has 5 heteroatoms. The van der Waals surface area contributed by atoms with E-state index in [-0.39, 0.29) is 0 Å². The number of nitrogens with one attached hydrogen (secondary N) is 1. The Hall–Kier alpha value is -1.52. The van der Waals surface area contributed by atoms with Crippen molar-refractivity contribution in [2.75, 3.05) is 13.2 Å². The number of nitrogens with zero attached hydrogens (tertiary/aromatic N) is 1. The molecule has 2 rings (SSSR count). The van der Waals surface area contributed by atoms with Gasteiger partial charge in [0, 0.05) is 12.0 Å². The summed E-state index contributed by atoms with van der Waals surface area (Å²) in [7, 11) is 0. The van der Waals surface area contributed by atoms with E-state index in [9.17, 15) is 0 Å². The van der Waals surface area contributed by atoms with Crippen molar-refractivity contribution in [1.29, 1.82) is 0 Å². The van der Waals surface area contributed by atoms with E-state index in [1.165, 1.54) is 0 Å². The molecule has 2 aromatic rings. The van der Waals surface area contributed by atoms with Gasteiger partial charge in [-0.15, -0.1) is 0 Å². The number of aromatic nitrogens is 2. The second-order valence-corrected chi connectivity index (χ2v) is 4.27. The molecule has 0 saturated heterocycles. The monoisotopic (exact) mass is 265 g/mol. The number of aromatic amines is 1. The molecule has 1 aromatic heterocycles. The number of H-pyrrole nitrogens is 1. The summed E-state index contributed by atoms with van der Waals surface area (Å²) in [5, 5.41) is 0.601. The fourth-order valence-electron chi connectivity index (χ4n) is 1.71. The van der Waals surface area contributed by atoms with Gasteiger partial charge in [-0.3, -0.25) is 0 Å². The van der Waals surface area contributed by atoms with Crippen LogP contribution in [-0.2, 0) is 6.42 Å². The van der Waals surface area contributed by atoms with Crippen LogP contribution in [0.4, 0.5) is 0 Å². The molecule has 0 fully saturated rings. The van der Waals surface area contributed by atoms with E-state index in [1.807, 2.05) is 25.1 Å². The molecule has 0 aliphatic rings. The van der Waals surface area contributed by atoms with Crippen LogP contribution in [0.5, 0.6) is 5.75 Å². The molecule has 0 aliphatic carbocycles. The molecular formula is C13H16ClN3O. The molecular weight excluding hydrogens is 250 g/mol. The zero-order chi connectivity index (χ0) is 13.0. The molecule has 18 heavy (non-hydrogen) atoms. The van der Waals surface area contributed by atoms with Gasteiger partial charge in [0.15, 0.2) is 0 Å². The highest BCUT2D eigenvalue weighted by atomic mass is 35.5. The maximum atomic E-state index is 6.15. The molecule has 0 atom stereocenters. The summed E-state index contributed by atoms with van der Waals surface area (Å²) in [4.78, 5) is 7.48. The maximum Gasteiger partial charge on any atom is 0.137 e. The van der Waals surface area contributed by atoms with Gasteiger partial charge in [-0.25, -0.2) is 4.98 Å². The smallest absolute Gasteiger partial charge is 0.137 e. The molecule has 0 unspecified atom stereocenters. The molecule has 1 heterocycles. The molecule has 1 aromatic carbocycles. The van der Waals surface area contributed by atoms with Crippen molar-refractivity contribution >= 4 is 11.6 Å². The summed E-state index contributed by atoms with van der Waals surface area (Å²) in [6.45, 7) is 3.11. The molecule has 3 N–H and O–H groups in total. The number of halogens is 1. The third-order valence-electron chi connectivity index (χ3n) is 2.55. The van der Waals surface area contributed by atoms with Crippen molar-refractivity contribution in [2.45, 2.75) is 13.3 Å². The van der Waals surface area contributed by atoms with Gasteiger partial charge in [-0.1, -0.05) is 11.6 Å². The van der Waals surface area contributed by atoms with Gasteiger partial charge in [0.1, 0.15) is 11.6 Å². The van der Waals surface area contributed by atoms with E-state index in [0.717, 1.165) is 23.5 Å². The van der Waals surface area contributed by atoms with Gasteiger partial charge >= 0.3 is 0 Å². The first-order chi connectivity index (χ1) is 8.74. The van der Waals surface area contributed by atoms with Crippen LogP contribution in [0.25, 0.3) is 11.3 Å². The largest absolute Gasteiger partial charge is 0.492 e. The number of imidazole rings is 1. The van der Waals surface area contributed by atoms with E-state index < -0.39 is 0 Å². The Morgan fingerprint density at radius 2 is 2.28 bits per heavy atom. The van der Waals surface area contributed by atoms with Gasteiger partial charge < -0.3 is 15.5 Å². The molecule has 0 spiro atoms. The predicted molar refractivity (Wildman–Crippen MR) is 73.0 cm³/mol. The normalized spacial score (nSPS) is 10.6. The zero-order valence-electron chi connectivity index (χ0n) is 10.2. The Kier molecular flexibility index (Phi) is 4.23. The van der Waals surface area contributed by atoms with Gasteiger partial charge in [0.2, 0.25) is 0 Å². The van der Waals surface area contributed by atoms with E-state index >= 15 is 0 Å². The fourth-order valence-corrected chi connectivity index (χ4v) is 1.95. The molecule has 0 radical (unpaired) electrons. The second kappa shape index (κ2) is 5.89. The first-order valence-electron chi connectivity index (χ1n) is 5.91. The molecule has 4 nitrogen and oxygen atoms in total. The van der Waals surface area contributed by atoms with Crippen LogP contribution in [0.2, 0.25) is 5.02 Å². The van der Waals surface area contributed by atoms with Crippen molar-refractivity contribution in [3.63, 3.8) is 0 Å². The minimum atomic E-state index is 0.580. The van der Waals surface area contributed by atoms with Gasteiger partial charge in [0.25, 0.3) is 0 Å². The fraction of sp³-hybridized carbons (Fsp3) is 0.308. The maximum absolute atomic E-state index is 6.15. The number of hydrogen-bond donors (Lipinski definition) is 2. The molecule has 0 bridgehead atoms. The van der Waals surface area contributed by atoms with Crippen LogP contribution < -0.4 is 10.5 Å². The number of nitrogens with two attached hydrogens (primary N) is 1. The van der Waals surface area contributed by atoms with Gasteiger partial charge in [0.05, 0.1) is 23.5 Å². The first-order valence-corrected chi connectivity index (χ1v) is 6.29. The Labute approximate surface area is 111 Å². The van der Waals surface area contributed by atoms with E-state index in [2.05, 4.69) is 9.97 Å². The van der Waals surface area contributed by atoms with E-state index in [4.69, 9.17) is 22.1 Å². The summed E-state index contributed by atoms with van der Waals surface area (Å²) >= 11 is 6.15. The SMILES string of the molecule is CCOc1ccc(-c2cnc(CCN)[nH]2)cc1Cl. The van der Waals surface area contributed by atoms with Crippen LogP contribution in [-0.4, -0.2) is 23.1 Å². The quantitative estimate of drug-likeness (QED) is 0.874. The summed E-state index contributed by atoms with van der Waals surface area (Å²) in [6.07, 6.45) is 2.53. The molecule has 0 aliphatic heterocycles. The second-order valence-electron chi connectivity index (χ2n) is 3.86. The highest BCUT2D eigenvalue weighted by Gasteiger charge is 2.06. The third-order valence-corrected chi connectivity index (χ3v) is 2.85. The third kappa shape index (κ3) is 2.83. The van der Waals surface area contributed by atoms with Crippen LogP contribution >= 0.6 is 11.6 Å². The lowest BCUT2D eigenvalue weighted by Crippen LogP contribution is -2.03. The van der Waals surface area contributed by atoms with E-state index in [0.29, 0.717) is 23.9 Å². The Balaban J connectivity index is 2.24. The Morgan fingerprint density at radius 1 is 1.44 bits per heavy atom. The summed E-state index contributed by atoms with van der Waals surface area (Å²) < 4.78 is 5.40. The molecule has 96 valence electrons. The lowest BCUT2D eigenvalue weighted by molar-refractivity contribution is 0.340. The van der Waals surface area contributed by atoms with Crippen LogP contribution in [0, 0.1) is 0 Å². The zero-order valence-corrected chi connectivity index (χ0v) is 11.0. The van der Waals surface area contributed by atoms with Crippen molar-refractivity contribution in [3.8, 4) is 17.0 Å². The molecule has 0 saturated carbocycles. The first kappa shape index (κ1) is 12.9. The molecule has 0 amide bonds. The minimum absolute atomic E-state index is 0.580. The van der Waals surface area contributed by atoms with Crippen molar-refractivity contribution in [1.82, 2.24) is 9.97 Å². The van der Waals surface area contributed by atoms with Gasteiger partial charge in [-0.2, -0.15) is 0 Å². The number of rotatable bonds is 5. The average molecular weight is 266 g/mol. The van der Waals surface area contributed by atoms with Crippen LogP contribution in [0.3, 0.4) is 0 Å². The van der Waals surface area contributed by atoms with Crippen molar-refractivity contribution < 1.29 is 4.74 Å². The Morgan fingerprint density at radius 3 is 2.94 bits per heavy atom. The van der Waals surface area contributed by atoms with Gasteiger partial charge in [-0.05, 0) is 31.7 Å². The van der Waals surface area contributed by atoms with Crippen molar-refractivity contribution in [2.24, 2.45) is 5.73 Å². The minimum Gasteiger partial charge on any atom is -0.492 e. The Bertz CT molecular complexity index is 525. The average Bonchev–Trinajstić information content (AvgIpc) is 2.81. The topological polar surface area (TPSA) is 63.9 Å². The lowest BCUT2D eigenvalue weighted by atomic mass is 10.1. The highest BCUT2D eigenvalue weighted by Crippen LogP contribution is 2.29. The number of ether oxygens (including phenoxy) is 1. The summed E-state index contributed by atoms with van der Waals surface area (Å²) in [5.74, 6) is 1.59. The highest BCUT2D eigenvalue weighted by molar-refractivity contribution is 6.32. The summed E-state index contributed by atoms with van der Waals surface area (Å²) in [6, 6.07) is 5.69. The summed E-state index contributed by atoms with van der Waals surface area (Å²) in [5.41, 5.74) is 7.41. The standard InChI is InChI=1S/C13H16ClN3O/c1-2-18-12-4-3-9(7-10(12)14)11-8-16-13(17-11)5-6-15/h3-4,7-8H,2,5-6,15H2,1H3,(H,16,17). The van der Waals surface area contributed by atoms with Crippen molar-refractivity contribution in [3.05, 3.63) is 35.2 Å². The predicted octanol–water partition coefficient (Wildman–Crippen LogP) is 2.63.